The number of rotatable bonds is 5. The molecule has 0 aromatic heterocycles. The molecule has 3 aromatic carbocycles. The number of sulfonamides is 1. The number of alkyl halides is 3. The average Bonchev–Trinajstić information content (AvgIpc) is 3.53. The standard InChI is InChI=1S/C34H36F3NO2S/c1-23-12-18-28(19-13-23)41(39,40)38-20-29-30(24-14-16-27(17-15-24)34(35,36)37)32(26-10-6-3-7-11-26)21-33(29,22-32)31(38)25-8-4-2-5-9-25/h3,6-7,10-19,25,29-31H,2,4-5,8-9,20-22H2,1H3/t29-,30-,31-,32?,33?/m1/s1. The molecule has 41 heavy (non-hydrogen) atoms. The Morgan fingerprint density at radius 3 is 2.07 bits per heavy atom. The van der Waals surface area contributed by atoms with Crippen molar-refractivity contribution in [2.45, 2.75) is 80.3 Å². The van der Waals surface area contributed by atoms with E-state index in [9.17, 15) is 21.6 Å². The Hall–Kier alpha value is -2.64. The molecule has 8 rings (SSSR count). The highest BCUT2D eigenvalue weighted by Gasteiger charge is 2.78. The Balaban J connectivity index is 1.35. The van der Waals surface area contributed by atoms with Gasteiger partial charge in [0.05, 0.1) is 10.5 Å². The second kappa shape index (κ2) is 9.43. The Morgan fingerprint density at radius 1 is 0.829 bits per heavy atom. The van der Waals surface area contributed by atoms with Crippen molar-refractivity contribution in [3.8, 4) is 0 Å². The molecule has 0 N–H and O–H groups in total. The lowest BCUT2D eigenvalue weighted by molar-refractivity contribution is -0.137. The van der Waals surface area contributed by atoms with E-state index in [1.54, 1.807) is 24.3 Å². The fourth-order valence-corrected chi connectivity index (χ4v) is 11.3. The molecule has 4 saturated carbocycles. The van der Waals surface area contributed by atoms with Gasteiger partial charge >= 0.3 is 6.18 Å². The summed E-state index contributed by atoms with van der Waals surface area (Å²) >= 11 is 0. The van der Waals surface area contributed by atoms with Gasteiger partial charge in [-0.25, -0.2) is 8.42 Å². The van der Waals surface area contributed by atoms with Crippen LogP contribution < -0.4 is 0 Å². The van der Waals surface area contributed by atoms with Crippen LogP contribution >= 0.6 is 0 Å². The number of aryl methyl sites for hydroxylation is 1. The van der Waals surface area contributed by atoms with Gasteiger partial charge in [0.1, 0.15) is 0 Å². The van der Waals surface area contributed by atoms with E-state index in [0.29, 0.717) is 17.4 Å². The SMILES string of the molecule is Cc1ccc(S(=O)(=O)N2C[C@@H]3[C@@H](c4ccc(C(F)(F)F)cc4)C4(c5ccccc5)CC3(C4)[C@H]2C2CCCCC2)cc1. The van der Waals surface area contributed by atoms with Crippen molar-refractivity contribution in [2.75, 3.05) is 6.54 Å². The van der Waals surface area contributed by atoms with Crippen LogP contribution in [0.4, 0.5) is 13.2 Å². The molecule has 7 heteroatoms. The molecule has 216 valence electrons. The Morgan fingerprint density at radius 2 is 1.46 bits per heavy atom. The average molecular weight is 580 g/mol. The highest BCUT2D eigenvalue weighted by molar-refractivity contribution is 7.89. The zero-order valence-electron chi connectivity index (χ0n) is 23.3. The molecule has 1 spiro atoms. The fourth-order valence-electron chi connectivity index (χ4n) is 9.46. The Bertz CT molecular complexity index is 1520. The summed E-state index contributed by atoms with van der Waals surface area (Å²) in [6.45, 7) is 2.37. The molecule has 3 atom stereocenters. The van der Waals surface area contributed by atoms with Crippen LogP contribution in [0.3, 0.4) is 0 Å². The van der Waals surface area contributed by atoms with Crippen molar-refractivity contribution in [2.24, 2.45) is 17.3 Å². The molecule has 2 bridgehead atoms. The molecule has 0 amide bonds. The largest absolute Gasteiger partial charge is 0.416 e. The van der Waals surface area contributed by atoms with Crippen LogP contribution in [0.25, 0.3) is 0 Å². The molecule has 1 heterocycles. The van der Waals surface area contributed by atoms with E-state index in [4.69, 9.17) is 0 Å². The van der Waals surface area contributed by atoms with Gasteiger partial charge in [-0.2, -0.15) is 17.5 Å². The molecular weight excluding hydrogens is 543 g/mol. The van der Waals surface area contributed by atoms with Crippen LogP contribution in [-0.2, 0) is 21.6 Å². The smallest absolute Gasteiger partial charge is 0.207 e. The van der Waals surface area contributed by atoms with Gasteiger partial charge in [0.15, 0.2) is 0 Å². The first-order valence-corrected chi connectivity index (χ1v) is 16.3. The van der Waals surface area contributed by atoms with E-state index < -0.39 is 21.8 Å². The van der Waals surface area contributed by atoms with Gasteiger partial charge in [0.2, 0.25) is 10.0 Å². The van der Waals surface area contributed by atoms with Gasteiger partial charge in [-0.1, -0.05) is 79.4 Å². The molecule has 4 aliphatic carbocycles. The third kappa shape index (κ3) is 4.05. The molecule has 0 radical (unpaired) electrons. The van der Waals surface area contributed by atoms with Crippen molar-refractivity contribution >= 4 is 10.0 Å². The minimum absolute atomic E-state index is 0.0449. The van der Waals surface area contributed by atoms with E-state index in [0.717, 1.165) is 49.7 Å². The zero-order chi connectivity index (χ0) is 28.6. The number of benzene rings is 3. The molecule has 3 nitrogen and oxygen atoms in total. The highest BCUT2D eigenvalue weighted by atomic mass is 32.2. The first-order chi connectivity index (χ1) is 19.6. The van der Waals surface area contributed by atoms with Gasteiger partial charge < -0.3 is 0 Å². The summed E-state index contributed by atoms with van der Waals surface area (Å²) in [6, 6.07) is 23.1. The summed E-state index contributed by atoms with van der Waals surface area (Å²) < 4.78 is 71.0. The fraction of sp³-hybridized carbons (Fsp3) is 0.471. The summed E-state index contributed by atoms with van der Waals surface area (Å²) in [5.41, 5.74) is 2.11. The second-order valence-corrected chi connectivity index (χ2v) is 14.9. The lowest BCUT2D eigenvalue weighted by Gasteiger charge is -2.55. The van der Waals surface area contributed by atoms with Crippen LogP contribution in [-0.4, -0.2) is 25.3 Å². The van der Waals surface area contributed by atoms with Gasteiger partial charge in [0, 0.05) is 18.0 Å². The maximum Gasteiger partial charge on any atom is 0.416 e. The summed E-state index contributed by atoms with van der Waals surface area (Å²) in [7, 11) is -3.74. The summed E-state index contributed by atoms with van der Waals surface area (Å²) in [5.74, 6) is 0.303. The number of halogens is 3. The molecule has 5 aliphatic rings. The molecular formula is C34H36F3NO2S. The summed E-state index contributed by atoms with van der Waals surface area (Å²) in [4.78, 5) is 0.333. The molecule has 3 aromatic rings. The van der Waals surface area contributed by atoms with Crippen LogP contribution in [0, 0.1) is 24.2 Å². The topological polar surface area (TPSA) is 37.4 Å². The van der Waals surface area contributed by atoms with Gasteiger partial charge in [-0.3, -0.25) is 0 Å². The first-order valence-electron chi connectivity index (χ1n) is 14.9. The maximum absolute atomic E-state index is 14.3. The molecule has 0 unspecified atom stereocenters. The van der Waals surface area contributed by atoms with Gasteiger partial charge in [-0.05, 0) is 91.2 Å². The zero-order valence-corrected chi connectivity index (χ0v) is 24.1. The number of hydrogen-bond acceptors (Lipinski definition) is 2. The van der Waals surface area contributed by atoms with Crippen LogP contribution in [0.15, 0.2) is 83.8 Å². The third-order valence-corrected chi connectivity index (χ3v) is 12.8. The van der Waals surface area contributed by atoms with Crippen LogP contribution in [0.1, 0.15) is 73.1 Å². The van der Waals surface area contributed by atoms with E-state index in [-0.39, 0.29) is 28.7 Å². The Labute approximate surface area is 240 Å². The molecule has 5 fully saturated rings. The lowest BCUT2D eigenvalue weighted by Crippen LogP contribution is -2.55. The van der Waals surface area contributed by atoms with Crippen molar-refractivity contribution in [3.05, 3.63) is 101 Å². The molecule has 1 aliphatic heterocycles. The minimum atomic E-state index is -4.40. The van der Waals surface area contributed by atoms with E-state index in [2.05, 4.69) is 12.1 Å². The third-order valence-electron chi connectivity index (χ3n) is 11.0. The highest BCUT2D eigenvalue weighted by Crippen LogP contribution is 2.80. The van der Waals surface area contributed by atoms with E-state index >= 15 is 0 Å². The van der Waals surface area contributed by atoms with Crippen molar-refractivity contribution in [3.63, 3.8) is 0 Å². The predicted molar refractivity (Wildman–Crippen MR) is 153 cm³/mol. The van der Waals surface area contributed by atoms with Crippen molar-refractivity contribution in [1.82, 2.24) is 4.31 Å². The number of hydrogen-bond donors (Lipinski definition) is 0. The van der Waals surface area contributed by atoms with Gasteiger partial charge in [-0.15, -0.1) is 0 Å². The normalized spacial score (nSPS) is 32.0. The molecule has 1 saturated heterocycles. The lowest BCUT2D eigenvalue weighted by atomic mass is 9.51. The quantitative estimate of drug-likeness (QED) is 0.306. The van der Waals surface area contributed by atoms with Gasteiger partial charge in [0.25, 0.3) is 0 Å². The van der Waals surface area contributed by atoms with Crippen LogP contribution in [0.2, 0.25) is 0 Å². The monoisotopic (exact) mass is 579 g/mol. The van der Waals surface area contributed by atoms with Crippen molar-refractivity contribution < 1.29 is 21.6 Å². The van der Waals surface area contributed by atoms with Crippen LogP contribution in [0.5, 0.6) is 0 Å². The van der Waals surface area contributed by atoms with E-state index in [1.165, 1.54) is 24.1 Å². The Kier molecular flexibility index (Phi) is 6.26. The van der Waals surface area contributed by atoms with E-state index in [1.807, 2.05) is 41.6 Å². The predicted octanol–water partition coefficient (Wildman–Crippen LogP) is 8.10. The summed E-state index contributed by atoms with van der Waals surface area (Å²) in [5, 5.41) is 0. The first kappa shape index (κ1) is 27.2. The minimum Gasteiger partial charge on any atom is -0.207 e. The van der Waals surface area contributed by atoms with Crippen molar-refractivity contribution in [1.29, 1.82) is 0 Å². The second-order valence-electron chi connectivity index (χ2n) is 13.0. The summed E-state index contributed by atoms with van der Waals surface area (Å²) in [6.07, 6.45) is 2.84. The maximum atomic E-state index is 14.3. The number of nitrogens with zero attached hydrogens (tertiary/aromatic N) is 1.